The summed E-state index contributed by atoms with van der Waals surface area (Å²) >= 11 is 7.75. The first-order valence-corrected chi connectivity index (χ1v) is 11.5. The molecule has 0 aliphatic carbocycles. The van der Waals surface area contributed by atoms with Crippen LogP contribution in [0.1, 0.15) is 29.5 Å². The van der Waals surface area contributed by atoms with Crippen LogP contribution in [0.2, 0.25) is 5.02 Å². The average Bonchev–Trinajstić information content (AvgIpc) is 2.71. The number of carbonyl (C=O) groups excluding carboxylic acids is 1. The molecule has 0 saturated carbocycles. The smallest absolute Gasteiger partial charge is 0.224 e. The first-order valence-electron chi connectivity index (χ1n) is 9.98. The lowest BCUT2D eigenvalue weighted by Crippen LogP contribution is -2.43. The van der Waals surface area contributed by atoms with Crippen molar-refractivity contribution >= 4 is 29.3 Å². The Bertz CT molecular complexity index is 765. The summed E-state index contributed by atoms with van der Waals surface area (Å²) in [6, 6.07) is 16.5. The Hall–Kier alpha value is -1.49. The third kappa shape index (κ3) is 6.54. The Morgan fingerprint density at radius 2 is 2.00 bits per heavy atom. The van der Waals surface area contributed by atoms with Gasteiger partial charge in [-0.1, -0.05) is 48.0 Å². The number of halogens is 1. The minimum atomic E-state index is 0.110. The van der Waals surface area contributed by atoms with Gasteiger partial charge in [-0.15, -0.1) is 0 Å². The number of nitrogens with one attached hydrogen (secondary N) is 1. The Balaban J connectivity index is 1.36. The number of piperidine rings is 1. The summed E-state index contributed by atoms with van der Waals surface area (Å²) < 4.78 is 0. The van der Waals surface area contributed by atoms with Crippen molar-refractivity contribution in [1.29, 1.82) is 0 Å². The van der Waals surface area contributed by atoms with Crippen LogP contribution in [0, 0.1) is 12.8 Å². The average molecular weight is 417 g/mol. The summed E-state index contributed by atoms with van der Waals surface area (Å²) in [7, 11) is 0. The van der Waals surface area contributed by atoms with E-state index in [4.69, 9.17) is 11.6 Å². The van der Waals surface area contributed by atoms with Crippen molar-refractivity contribution in [3.8, 4) is 0 Å². The van der Waals surface area contributed by atoms with E-state index < -0.39 is 0 Å². The second kappa shape index (κ2) is 10.9. The molecule has 0 spiro atoms. The fraction of sp³-hybridized carbons (Fsp3) is 0.435. The molecular weight excluding hydrogens is 388 g/mol. The molecule has 1 aliphatic rings. The fourth-order valence-corrected chi connectivity index (χ4v) is 4.55. The van der Waals surface area contributed by atoms with Gasteiger partial charge < -0.3 is 5.32 Å². The van der Waals surface area contributed by atoms with Gasteiger partial charge in [0.15, 0.2) is 0 Å². The van der Waals surface area contributed by atoms with Crippen LogP contribution in [0.3, 0.4) is 0 Å². The number of aryl methyl sites for hydroxylation is 1. The van der Waals surface area contributed by atoms with Gasteiger partial charge in [0, 0.05) is 36.2 Å². The normalized spacial score (nSPS) is 17.4. The molecule has 0 radical (unpaired) electrons. The molecule has 1 N–H and O–H groups in total. The predicted molar refractivity (Wildman–Crippen MR) is 120 cm³/mol. The highest BCUT2D eigenvalue weighted by atomic mass is 35.5. The monoisotopic (exact) mass is 416 g/mol. The molecule has 1 amide bonds. The molecule has 1 heterocycles. The van der Waals surface area contributed by atoms with Crippen molar-refractivity contribution in [2.45, 2.75) is 32.1 Å². The lowest BCUT2D eigenvalue weighted by Gasteiger charge is -2.32. The van der Waals surface area contributed by atoms with Crippen molar-refractivity contribution in [3.05, 3.63) is 70.2 Å². The molecule has 1 aliphatic heterocycles. The van der Waals surface area contributed by atoms with Crippen molar-refractivity contribution in [3.63, 3.8) is 0 Å². The number of thioether (sulfide) groups is 1. The Morgan fingerprint density at radius 1 is 1.21 bits per heavy atom. The molecule has 1 saturated heterocycles. The molecule has 5 heteroatoms. The van der Waals surface area contributed by atoms with E-state index in [-0.39, 0.29) is 11.8 Å². The molecule has 2 aromatic carbocycles. The van der Waals surface area contributed by atoms with E-state index >= 15 is 0 Å². The third-order valence-corrected chi connectivity index (χ3v) is 6.54. The molecule has 2 aromatic rings. The number of likely N-dealkylation sites (tertiary alicyclic amines) is 1. The van der Waals surface area contributed by atoms with Gasteiger partial charge in [-0.2, -0.15) is 11.8 Å². The first kappa shape index (κ1) is 21.2. The number of nitrogens with zero attached hydrogens (tertiary/aromatic N) is 1. The molecule has 0 aromatic heterocycles. The minimum absolute atomic E-state index is 0.110. The van der Waals surface area contributed by atoms with E-state index in [0.717, 1.165) is 55.5 Å². The van der Waals surface area contributed by atoms with E-state index in [0.29, 0.717) is 0 Å². The maximum Gasteiger partial charge on any atom is 0.224 e. The molecule has 3 nitrogen and oxygen atoms in total. The Kier molecular flexibility index (Phi) is 8.26. The van der Waals surface area contributed by atoms with Gasteiger partial charge >= 0.3 is 0 Å². The van der Waals surface area contributed by atoms with Crippen LogP contribution in [0.15, 0.2) is 48.5 Å². The molecule has 1 atom stereocenters. The van der Waals surface area contributed by atoms with E-state index in [1.54, 1.807) is 0 Å². The number of rotatable bonds is 8. The number of hydrogen-bond acceptors (Lipinski definition) is 3. The quantitative estimate of drug-likeness (QED) is 0.620. The Morgan fingerprint density at radius 3 is 2.79 bits per heavy atom. The standard InChI is InChI=1S/C23H29ClN2OS/c1-18-5-2-3-6-20(18)15-26-13-4-7-21(16-26)23(27)25-12-14-28-17-19-8-10-22(24)11-9-19/h2-3,5-6,8-11,21H,4,7,12-17H2,1H3,(H,25,27). The third-order valence-electron chi connectivity index (χ3n) is 5.26. The summed E-state index contributed by atoms with van der Waals surface area (Å²) in [6.07, 6.45) is 2.09. The second-order valence-corrected chi connectivity index (χ2v) is 9.01. The zero-order chi connectivity index (χ0) is 19.8. The van der Waals surface area contributed by atoms with Crippen LogP contribution in [-0.4, -0.2) is 36.2 Å². The molecule has 150 valence electrons. The van der Waals surface area contributed by atoms with Crippen LogP contribution in [0.5, 0.6) is 0 Å². The second-order valence-electron chi connectivity index (χ2n) is 7.47. The zero-order valence-corrected chi connectivity index (χ0v) is 18.1. The molecular formula is C23H29ClN2OS. The lowest BCUT2D eigenvalue weighted by atomic mass is 9.96. The van der Waals surface area contributed by atoms with Crippen molar-refractivity contribution in [1.82, 2.24) is 10.2 Å². The summed E-state index contributed by atoms with van der Waals surface area (Å²) in [6.45, 7) is 5.76. The van der Waals surface area contributed by atoms with Gasteiger partial charge in [-0.25, -0.2) is 0 Å². The number of amides is 1. The summed E-state index contributed by atoms with van der Waals surface area (Å²) in [5, 5.41) is 3.90. The van der Waals surface area contributed by atoms with Crippen LogP contribution in [0.25, 0.3) is 0 Å². The van der Waals surface area contributed by atoms with Crippen LogP contribution < -0.4 is 5.32 Å². The largest absolute Gasteiger partial charge is 0.355 e. The number of hydrogen-bond donors (Lipinski definition) is 1. The summed E-state index contributed by atoms with van der Waals surface area (Å²) in [5.74, 6) is 2.19. The SMILES string of the molecule is Cc1ccccc1CN1CCCC(C(=O)NCCSCc2ccc(Cl)cc2)C1. The van der Waals surface area contributed by atoms with E-state index in [2.05, 4.69) is 53.5 Å². The van der Waals surface area contributed by atoms with Gasteiger partial charge in [-0.3, -0.25) is 9.69 Å². The molecule has 28 heavy (non-hydrogen) atoms. The van der Waals surface area contributed by atoms with E-state index in [1.807, 2.05) is 23.9 Å². The number of carbonyl (C=O) groups is 1. The van der Waals surface area contributed by atoms with Crippen molar-refractivity contribution < 1.29 is 4.79 Å². The highest BCUT2D eigenvalue weighted by Gasteiger charge is 2.25. The minimum Gasteiger partial charge on any atom is -0.355 e. The van der Waals surface area contributed by atoms with Crippen LogP contribution >= 0.6 is 23.4 Å². The molecule has 3 rings (SSSR count). The summed E-state index contributed by atoms with van der Waals surface area (Å²) in [4.78, 5) is 15.0. The maximum absolute atomic E-state index is 12.6. The van der Waals surface area contributed by atoms with Crippen molar-refractivity contribution in [2.24, 2.45) is 5.92 Å². The maximum atomic E-state index is 12.6. The molecule has 1 unspecified atom stereocenters. The number of benzene rings is 2. The first-order chi connectivity index (χ1) is 13.6. The topological polar surface area (TPSA) is 32.3 Å². The lowest BCUT2D eigenvalue weighted by molar-refractivity contribution is -0.126. The van der Waals surface area contributed by atoms with Crippen molar-refractivity contribution in [2.75, 3.05) is 25.4 Å². The molecule has 0 bridgehead atoms. The molecule has 1 fully saturated rings. The highest BCUT2D eigenvalue weighted by molar-refractivity contribution is 7.98. The fourth-order valence-electron chi connectivity index (χ4n) is 3.60. The van der Waals surface area contributed by atoms with Gasteiger partial charge in [0.05, 0.1) is 5.92 Å². The van der Waals surface area contributed by atoms with Crippen LogP contribution in [-0.2, 0) is 17.1 Å². The Labute approximate surface area is 177 Å². The van der Waals surface area contributed by atoms with Gasteiger partial charge in [-0.05, 0) is 55.1 Å². The zero-order valence-electron chi connectivity index (χ0n) is 16.5. The van der Waals surface area contributed by atoms with E-state index in [1.165, 1.54) is 16.7 Å². The predicted octanol–water partition coefficient (Wildman–Crippen LogP) is 4.91. The summed E-state index contributed by atoms with van der Waals surface area (Å²) in [5.41, 5.74) is 3.95. The van der Waals surface area contributed by atoms with E-state index in [9.17, 15) is 4.79 Å². The highest BCUT2D eigenvalue weighted by Crippen LogP contribution is 2.20. The van der Waals surface area contributed by atoms with Gasteiger partial charge in [0.25, 0.3) is 0 Å². The van der Waals surface area contributed by atoms with Gasteiger partial charge in [0.1, 0.15) is 0 Å². The van der Waals surface area contributed by atoms with Gasteiger partial charge in [0.2, 0.25) is 5.91 Å². The van der Waals surface area contributed by atoms with Crippen LogP contribution in [0.4, 0.5) is 0 Å².